The second-order valence-corrected chi connectivity index (χ2v) is 2.78. The van der Waals surface area contributed by atoms with Crippen molar-refractivity contribution in [3.63, 3.8) is 0 Å². The van der Waals surface area contributed by atoms with Gasteiger partial charge in [0.15, 0.2) is 0 Å². The van der Waals surface area contributed by atoms with E-state index in [0.29, 0.717) is 0 Å². The Bertz CT molecular complexity index is 246. The molecule has 0 heterocycles. The quantitative estimate of drug-likeness (QED) is 0.573. The van der Waals surface area contributed by atoms with Crippen LogP contribution in [0.15, 0.2) is 24.3 Å². The van der Waals surface area contributed by atoms with E-state index in [1.165, 1.54) is 25.2 Å². The van der Waals surface area contributed by atoms with Crippen molar-refractivity contribution < 1.29 is 9.53 Å². The predicted octanol–water partition coefficient (Wildman–Crippen LogP) is 2.48. The standard InChI is InChI=1S/C8H10.C3H6O2/c1-7-5-3-4-6-8(7)2;1-3(4)5-2/h3-6H,1-2H3;1-2H3. The normalized spacial score (nSPS) is 8.31. The highest BCUT2D eigenvalue weighted by atomic mass is 16.5. The number of rotatable bonds is 0. The van der Waals surface area contributed by atoms with E-state index in [0.717, 1.165) is 0 Å². The van der Waals surface area contributed by atoms with Crippen LogP contribution in [0, 0.1) is 13.8 Å². The minimum atomic E-state index is -0.245. The molecule has 0 unspecified atom stereocenters. The molecule has 0 spiro atoms. The van der Waals surface area contributed by atoms with Crippen LogP contribution < -0.4 is 0 Å². The lowest BCUT2D eigenvalue weighted by Gasteiger charge is -1.93. The topological polar surface area (TPSA) is 26.3 Å². The van der Waals surface area contributed by atoms with E-state index in [2.05, 4.69) is 42.8 Å². The number of ether oxygens (including phenoxy) is 1. The monoisotopic (exact) mass is 180 g/mol. The zero-order chi connectivity index (χ0) is 10.3. The summed E-state index contributed by atoms with van der Waals surface area (Å²) in [5, 5.41) is 0. The van der Waals surface area contributed by atoms with Gasteiger partial charge in [0.25, 0.3) is 0 Å². The van der Waals surface area contributed by atoms with Gasteiger partial charge in [0, 0.05) is 6.92 Å². The van der Waals surface area contributed by atoms with Gasteiger partial charge in [0.05, 0.1) is 7.11 Å². The molecular formula is C11H16O2. The molecule has 0 saturated heterocycles. The molecule has 0 amide bonds. The Hall–Kier alpha value is -1.31. The van der Waals surface area contributed by atoms with Crippen LogP contribution >= 0.6 is 0 Å². The summed E-state index contributed by atoms with van der Waals surface area (Å²) in [6.45, 7) is 5.60. The molecule has 72 valence electrons. The predicted molar refractivity (Wildman–Crippen MR) is 53.6 cm³/mol. The first-order valence-corrected chi connectivity index (χ1v) is 4.14. The van der Waals surface area contributed by atoms with Gasteiger partial charge in [-0.1, -0.05) is 24.3 Å². The summed E-state index contributed by atoms with van der Waals surface area (Å²) in [7, 11) is 1.35. The molecule has 0 fully saturated rings. The highest BCUT2D eigenvalue weighted by Gasteiger charge is 1.83. The average Bonchev–Trinajstić information content (AvgIpc) is 2.11. The zero-order valence-corrected chi connectivity index (χ0v) is 8.63. The molecule has 0 aromatic heterocycles. The van der Waals surface area contributed by atoms with Crippen LogP contribution in [0.1, 0.15) is 18.1 Å². The molecular weight excluding hydrogens is 164 g/mol. The molecule has 1 aromatic rings. The maximum Gasteiger partial charge on any atom is 0.302 e. The summed E-state index contributed by atoms with van der Waals surface area (Å²) in [6.07, 6.45) is 0. The number of carbonyl (C=O) groups excluding carboxylic acids is 1. The molecule has 0 N–H and O–H groups in total. The SMILES string of the molecule is COC(C)=O.Cc1ccccc1C. The Morgan fingerprint density at radius 2 is 1.46 bits per heavy atom. The maximum absolute atomic E-state index is 9.59. The Labute approximate surface area is 79.5 Å². The van der Waals surface area contributed by atoms with Crippen molar-refractivity contribution >= 4 is 5.97 Å². The lowest BCUT2D eigenvalue weighted by atomic mass is 10.1. The van der Waals surface area contributed by atoms with Gasteiger partial charge in [-0.2, -0.15) is 0 Å². The minimum absolute atomic E-state index is 0.245. The van der Waals surface area contributed by atoms with Gasteiger partial charge in [-0.05, 0) is 25.0 Å². The summed E-state index contributed by atoms with van der Waals surface area (Å²) in [6, 6.07) is 8.36. The van der Waals surface area contributed by atoms with E-state index in [4.69, 9.17) is 0 Å². The first-order chi connectivity index (χ1) is 6.07. The molecule has 13 heavy (non-hydrogen) atoms. The van der Waals surface area contributed by atoms with Crippen LogP contribution in [0.3, 0.4) is 0 Å². The number of aryl methyl sites for hydroxylation is 2. The second kappa shape index (κ2) is 6.23. The number of methoxy groups -OCH3 is 1. The fourth-order valence-electron chi connectivity index (χ4n) is 0.663. The smallest absolute Gasteiger partial charge is 0.302 e. The van der Waals surface area contributed by atoms with Crippen molar-refractivity contribution in [2.45, 2.75) is 20.8 Å². The van der Waals surface area contributed by atoms with Crippen LogP contribution in [-0.2, 0) is 9.53 Å². The summed E-state index contributed by atoms with van der Waals surface area (Å²) in [5.74, 6) is -0.245. The molecule has 0 aliphatic rings. The largest absolute Gasteiger partial charge is 0.469 e. The van der Waals surface area contributed by atoms with Crippen LogP contribution in [0.4, 0.5) is 0 Å². The Morgan fingerprint density at radius 1 is 1.15 bits per heavy atom. The molecule has 2 heteroatoms. The molecule has 0 bridgehead atoms. The van der Waals surface area contributed by atoms with E-state index in [-0.39, 0.29) is 5.97 Å². The molecule has 0 saturated carbocycles. The summed E-state index contributed by atoms with van der Waals surface area (Å²) >= 11 is 0. The third kappa shape index (κ3) is 5.91. The minimum Gasteiger partial charge on any atom is -0.469 e. The zero-order valence-electron chi connectivity index (χ0n) is 8.63. The lowest BCUT2D eigenvalue weighted by molar-refractivity contribution is -0.137. The van der Waals surface area contributed by atoms with Crippen LogP contribution in [0.2, 0.25) is 0 Å². The maximum atomic E-state index is 9.59. The first kappa shape index (κ1) is 11.7. The highest BCUT2D eigenvalue weighted by molar-refractivity contribution is 5.65. The third-order valence-electron chi connectivity index (χ3n) is 1.71. The molecule has 0 radical (unpaired) electrons. The van der Waals surface area contributed by atoms with E-state index in [9.17, 15) is 4.79 Å². The number of hydrogen-bond acceptors (Lipinski definition) is 2. The number of hydrogen-bond donors (Lipinski definition) is 0. The lowest BCUT2D eigenvalue weighted by Crippen LogP contribution is -1.88. The summed E-state index contributed by atoms with van der Waals surface area (Å²) < 4.78 is 4.11. The van der Waals surface area contributed by atoms with Crippen molar-refractivity contribution in [2.24, 2.45) is 0 Å². The molecule has 2 nitrogen and oxygen atoms in total. The third-order valence-corrected chi connectivity index (χ3v) is 1.71. The van der Waals surface area contributed by atoms with Gasteiger partial charge in [-0.25, -0.2) is 0 Å². The number of carbonyl (C=O) groups is 1. The Morgan fingerprint density at radius 3 is 1.62 bits per heavy atom. The van der Waals surface area contributed by atoms with Gasteiger partial charge < -0.3 is 4.74 Å². The summed E-state index contributed by atoms with van der Waals surface area (Å²) in [4.78, 5) is 9.59. The first-order valence-electron chi connectivity index (χ1n) is 4.14. The van der Waals surface area contributed by atoms with Crippen LogP contribution in [0.5, 0.6) is 0 Å². The van der Waals surface area contributed by atoms with E-state index in [1.807, 2.05) is 0 Å². The molecule has 0 aliphatic heterocycles. The molecule has 0 atom stereocenters. The Kier molecular flexibility index (Phi) is 5.60. The van der Waals surface area contributed by atoms with Gasteiger partial charge in [0.2, 0.25) is 0 Å². The number of esters is 1. The average molecular weight is 180 g/mol. The fraction of sp³-hybridized carbons (Fsp3) is 0.364. The van der Waals surface area contributed by atoms with E-state index in [1.54, 1.807) is 0 Å². The molecule has 1 aromatic carbocycles. The van der Waals surface area contributed by atoms with E-state index >= 15 is 0 Å². The van der Waals surface area contributed by atoms with Gasteiger partial charge in [-0.3, -0.25) is 4.79 Å². The number of benzene rings is 1. The summed E-state index contributed by atoms with van der Waals surface area (Å²) in [5.41, 5.74) is 2.74. The van der Waals surface area contributed by atoms with Crippen molar-refractivity contribution in [1.29, 1.82) is 0 Å². The van der Waals surface area contributed by atoms with Crippen molar-refractivity contribution in [1.82, 2.24) is 0 Å². The van der Waals surface area contributed by atoms with Crippen molar-refractivity contribution in [3.8, 4) is 0 Å². The highest BCUT2D eigenvalue weighted by Crippen LogP contribution is 2.02. The van der Waals surface area contributed by atoms with Gasteiger partial charge in [0.1, 0.15) is 0 Å². The molecule has 0 aliphatic carbocycles. The molecule has 1 rings (SSSR count). The van der Waals surface area contributed by atoms with Crippen molar-refractivity contribution in [3.05, 3.63) is 35.4 Å². The van der Waals surface area contributed by atoms with E-state index < -0.39 is 0 Å². The second-order valence-electron chi connectivity index (χ2n) is 2.78. The van der Waals surface area contributed by atoms with Crippen LogP contribution in [-0.4, -0.2) is 13.1 Å². The van der Waals surface area contributed by atoms with Crippen molar-refractivity contribution in [2.75, 3.05) is 7.11 Å². The van der Waals surface area contributed by atoms with Gasteiger partial charge in [-0.15, -0.1) is 0 Å². The van der Waals surface area contributed by atoms with Crippen LogP contribution in [0.25, 0.3) is 0 Å². The Balaban J connectivity index is 0.000000252. The fourth-order valence-corrected chi connectivity index (χ4v) is 0.663. The van der Waals surface area contributed by atoms with Gasteiger partial charge >= 0.3 is 5.97 Å².